The molecule has 4 nitrogen and oxygen atoms in total. The van der Waals surface area contributed by atoms with Crippen LogP contribution >= 0.6 is 0 Å². The lowest BCUT2D eigenvalue weighted by molar-refractivity contribution is -0.193. The molecule has 1 amide bonds. The Kier molecular flexibility index (Phi) is 4.74. The van der Waals surface area contributed by atoms with Crippen molar-refractivity contribution in [2.75, 3.05) is 19.6 Å². The van der Waals surface area contributed by atoms with Gasteiger partial charge in [0.05, 0.1) is 12.1 Å². The van der Waals surface area contributed by atoms with Gasteiger partial charge in [0.15, 0.2) is 0 Å². The number of hydrogen-bond donors (Lipinski definition) is 0. The zero-order valence-corrected chi connectivity index (χ0v) is 14.5. The highest BCUT2D eigenvalue weighted by Gasteiger charge is 2.45. The van der Waals surface area contributed by atoms with E-state index in [-0.39, 0.29) is 23.7 Å². The number of carbonyl (C=O) groups excluding carboxylic acids is 1. The van der Waals surface area contributed by atoms with Crippen LogP contribution in [0.5, 0.6) is 0 Å². The third-order valence-electron chi connectivity index (χ3n) is 5.16. The minimum absolute atomic E-state index is 0.136. The molecule has 2 aliphatic rings. The predicted molar refractivity (Wildman–Crippen MR) is 91.1 cm³/mol. The van der Waals surface area contributed by atoms with E-state index in [2.05, 4.69) is 49.1 Å². The molecule has 1 aromatic carbocycles. The first-order valence-corrected chi connectivity index (χ1v) is 8.74. The van der Waals surface area contributed by atoms with E-state index < -0.39 is 0 Å². The molecule has 0 saturated carbocycles. The molecule has 1 aromatic rings. The summed E-state index contributed by atoms with van der Waals surface area (Å²) in [7, 11) is 0. The van der Waals surface area contributed by atoms with Crippen molar-refractivity contribution in [3.8, 4) is 0 Å². The van der Waals surface area contributed by atoms with Crippen LogP contribution in [0.1, 0.15) is 39.2 Å². The van der Waals surface area contributed by atoms with E-state index >= 15 is 0 Å². The molecule has 1 spiro atoms. The summed E-state index contributed by atoms with van der Waals surface area (Å²) < 4.78 is 6.19. The normalized spacial score (nSPS) is 25.3. The van der Waals surface area contributed by atoms with Crippen LogP contribution in [0.25, 0.3) is 0 Å². The van der Waals surface area contributed by atoms with Crippen molar-refractivity contribution in [1.82, 2.24) is 9.80 Å². The van der Waals surface area contributed by atoms with Gasteiger partial charge in [0, 0.05) is 25.7 Å². The topological polar surface area (TPSA) is 32.8 Å². The van der Waals surface area contributed by atoms with Crippen LogP contribution in [0.4, 0.5) is 0 Å². The van der Waals surface area contributed by atoms with Crippen LogP contribution in [-0.4, -0.2) is 53.1 Å². The number of hydrogen-bond acceptors (Lipinski definition) is 3. The molecule has 1 atom stereocenters. The molecular weight excluding hydrogens is 288 g/mol. The van der Waals surface area contributed by atoms with E-state index in [0.29, 0.717) is 0 Å². The summed E-state index contributed by atoms with van der Waals surface area (Å²) >= 11 is 0. The van der Waals surface area contributed by atoms with Crippen molar-refractivity contribution >= 4 is 5.91 Å². The molecule has 3 rings (SSSR count). The van der Waals surface area contributed by atoms with E-state index in [1.54, 1.807) is 0 Å². The van der Waals surface area contributed by atoms with Crippen LogP contribution in [-0.2, 0) is 16.1 Å². The second kappa shape index (κ2) is 6.62. The van der Waals surface area contributed by atoms with Gasteiger partial charge in [0.1, 0.15) is 6.10 Å². The van der Waals surface area contributed by atoms with Crippen LogP contribution in [0.3, 0.4) is 0 Å². The van der Waals surface area contributed by atoms with Crippen molar-refractivity contribution in [3.05, 3.63) is 35.9 Å². The van der Waals surface area contributed by atoms with Gasteiger partial charge in [-0.2, -0.15) is 0 Å². The third-order valence-corrected chi connectivity index (χ3v) is 5.16. The summed E-state index contributed by atoms with van der Waals surface area (Å²) in [6, 6.07) is 10.9. The number of carbonyl (C=O) groups is 1. The van der Waals surface area contributed by atoms with Crippen molar-refractivity contribution in [1.29, 1.82) is 0 Å². The molecule has 0 aliphatic carbocycles. The monoisotopic (exact) mass is 316 g/mol. The Morgan fingerprint density at radius 3 is 2.48 bits per heavy atom. The van der Waals surface area contributed by atoms with E-state index in [9.17, 15) is 4.79 Å². The number of likely N-dealkylation sites (tertiary alicyclic amines) is 1. The average molecular weight is 316 g/mol. The molecule has 0 radical (unpaired) electrons. The van der Waals surface area contributed by atoms with Gasteiger partial charge in [-0.25, -0.2) is 0 Å². The molecule has 2 fully saturated rings. The number of rotatable bonds is 3. The van der Waals surface area contributed by atoms with E-state index in [1.807, 2.05) is 11.8 Å². The Hall–Kier alpha value is -1.39. The second-order valence-electron chi connectivity index (χ2n) is 7.26. The molecule has 23 heavy (non-hydrogen) atoms. The van der Waals surface area contributed by atoms with Gasteiger partial charge in [-0.3, -0.25) is 9.69 Å². The summed E-state index contributed by atoms with van der Waals surface area (Å²) in [4.78, 5) is 16.8. The molecule has 2 aliphatic heterocycles. The minimum Gasteiger partial charge on any atom is -0.360 e. The largest absolute Gasteiger partial charge is 0.360 e. The molecule has 0 aromatic heterocycles. The standard InChI is InChI=1S/C19H28N2O2/c1-15(2)21-14-19(23-16(3)18(21)22)9-11-20(12-10-19)13-17-7-5-4-6-8-17/h4-8,15-16H,9-14H2,1-3H3/t16-/m1/s1. The van der Waals surface area contributed by atoms with Gasteiger partial charge < -0.3 is 9.64 Å². The Bertz CT molecular complexity index is 536. The second-order valence-corrected chi connectivity index (χ2v) is 7.26. The Morgan fingerprint density at radius 2 is 1.87 bits per heavy atom. The summed E-state index contributed by atoms with van der Waals surface area (Å²) in [5.74, 6) is 0.136. The first-order valence-electron chi connectivity index (χ1n) is 8.74. The summed E-state index contributed by atoms with van der Waals surface area (Å²) in [5.41, 5.74) is 1.21. The molecule has 0 bridgehead atoms. The SMILES string of the molecule is CC(C)N1CC2(CCN(Cc3ccccc3)CC2)O[C@H](C)C1=O. The van der Waals surface area contributed by atoms with Crippen LogP contribution in [0.15, 0.2) is 30.3 Å². The lowest BCUT2D eigenvalue weighted by atomic mass is 9.87. The highest BCUT2D eigenvalue weighted by atomic mass is 16.5. The van der Waals surface area contributed by atoms with Crippen molar-refractivity contribution < 1.29 is 9.53 Å². The molecule has 126 valence electrons. The predicted octanol–water partition coefficient (Wildman–Crippen LogP) is 2.68. The maximum atomic E-state index is 12.3. The van der Waals surface area contributed by atoms with Crippen LogP contribution in [0, 0.1) is 0 Å². The van der Waals surface area contributed by atoms with Gasteiger partial charge in [0.25, 0.3) is 5.91 Å². The highest BCUT2D eigenvalue weighted by Crippen LogP contribution is 2.34. The van der Waals surface area contributed by atoms with E-state index in [1.165, 1.54) is 5.56 Å². The fraction of sp³-hybridized carbons (Fsp3) is 0.632. The smallest absolute Gasteiger partial charge is 0.251 e. The van der Waals surface area contributed by atoms with Gasteiger partial charge in [-0.1, -0.05) is 30.3 Å². The molecule has 2 saturated heterocycles. The lowest BCUT2D eigenvalue weighted by Gasteiger charge is -2.50. The summed E-state index contributed by atoms with van der Waals surface area (Å²) in [6.45, 7) is 9.88. The van der Waals surface area contributed by atoms with Gasteiger partial charge >= 0.3 is 0 Å². The molecule has 0 N–H and O–H groups in total. The molecule has 4 heteroatoms. The molecule has 0 unspecified atom stereocenters. The number of nitrogens with zero attached hydrogens (tertiary/aromatic N) is 2. The van der Waals surface area contributed by atoms with Crippen LogP contribution < -0.4 is 0 Å². The Morgan fingerprint density at radius 1 is 1.22 bits per heavy atom. The summed E-state index contributed by atoms with van der Waals surface area (Å²) in [6.07, 6.45) is 1.69. The zero-order chi connectivity index (χ0) is 16.4. The van der Waals surface area contributed by atoms with Crippen LogP contribution in [0.2, 0.25) is 0 Å². The fourth-order valence-corrected chi connectivity index (χ4v) is 3.76. The zero-order valence-electron chi connectivity index (χ0n) is 14.5. The van der Waals surface area contributed by atoms with Gasteiger partial charge in [-0.05, 0) is 39.2 Å². The molecular formula is C19H28N2O2. The van der Waals surface area contributed by atoms with E-state index in [4.69, 9.17) is 4.74 Å². The third kappa shape index (κ3) is 3.59. The molecule has 2 heterocycles. The quantitative estimate of drug-likeness (QED) is 0.859. The Balaban J connectivity index is 1.62. The first-order chi connectivity index (χ1) is 11.0. The lowest BCUT2D eigenvalue weighted by Crippen LogP contribution is -2.62. The average Bonchev–Trinajstić information content (AvgIpc) is 2.54. The number of amides is 1. The van der Waals surface area contributed by atoms with Gasteiger partial charge in [0.2, 0.25) is 0 Å². The van der Waals surface area contributed by atoms with Crippen molar-refractivity contribution in [2.45, 2.75) is 57.9 Å². The minimum atomic E-state index is -0.313. The van der Waals surface area contributed by atoms with Crippen molar-refractivity contribution in [2.24, 2.45) is 0 Å². The Labute approximate surface area is 139 Å². The number of morpholine rings is 1. The fourth-order valence-electron chi connectivity index (χ4n) is 3.76. The maximum Gasteiger partial charge on any atom is 0.251 e. The highest BCUT2D eigenvalue weighted by molar-refractivity contribution is 5.81. The van der Waals surface area contributed by atoms with Crippen molar-refractivity contribution in [3.63, 3.8) is 0 Å². The first kappa shape index (κ1) is 16.5. The number of ether oxygens (including phenoxy) is 1. The number of piperidine rings is 1. The summed E-state index contributed by atoms with van der Waals surface area (Å²) in [5, 5.41) is 0. The number of benzene rings is 1. The maximum absolute atomic E-state index is 12.3. The van der Waals surface area contributed by atoms with Gasteiger partial charge in [-0.15, -0.1) is 0 Å². The van der Waals surface area contributed by atoms with E-state index in [0.717, 1.165) is 39.0 Å².